The Bertz CT molecular complexity index is 1050. The molecule has 0 bridgehead atoms. The number of hydrogen-bond acceptors (Lipinski definition) is 7. The summed E-state index contributed by atoms with van der Waals surface area (Å²) in [5.74, 6) is 0.926. The summed E-state index contributed by atoms with van der Waals surface area (Å²) in [7, 11) is 0. The van der Waals surface area contributed by atoms with E-state index in [0.29, 0.717) is 39.4 Å². The minimum absolute atomic E-state index is 0.0106. The number of hydrogen-bond donors (Lipinski definition) is 2. The molecular weight excluding hydrogens is 424 g/mol. The van der Waals surface area contributed by atoms with Crippen LogP contribution in [0.15, 0.2) is 47.4 Å². The van der Waals surface area contributed by atoms with Crippen molar-refractivity contribution < 1.29 is 24.2 Å². The van der Waals surface area contributed by atoms with E-state index in [0.717, 1.165) is 5.56 Å². The fraction of sp³-hybridized carbons (Fsp3) is 0.190. The van der Waals surface area contributed by atoms with Crippen LogP contribution in [-0.4, -0.2) is 39.5 Å². The first-order chi connectivity index (χ1) is 14.5. The van der Waals surface area contributed by atoms with Gasteiger partial charge in [-0.25, -0.2) is 0 Å². The smallest absolute Gasteiger partial charge is 0.266 e. The van der Waals surface area contributed by atoms with Crippen molar-refractivity contribution in [2.24, 2.45) is 0 Å². The summed E-state index contributed by atoms with van der Waals surface area (Å²) >= 11 is 6.58. The van der Waals surface area contributed by atoms with Gasteiger partial charge in [-0.2, -0.15) is 0 Å². The second-order valence-electron chi connectivity index (χ2n) is 6.61. The third kappa shape index (κ3) is 4.42. The molecule has 0 spiro atoms. The molecule has 0 aromatic heterocycles. The minimum Gasteiger partial charge on any atom is -0.506 e. The molecule has 0 unspecified atom stereocenters. The average molecular weight is 443 g/mol. The molecule has 0 saturated carbocycles. The molecule has 2 aliphatic rings. The zero-order valence-electron chi connectivity index (χ0n) is 15.8. The highest BCUT2D eigenvalue weighted by atomic mass is 32.2. The number of benzene rings is 2. The molecule has 7 nitrogen and oxygen atoms in total. The number of nitrogens with zero attached hydrogens (tertiary/aromatic N) is 1. The van der Waals surface area contributed by atoms with Crippen molar-refractivity contribution in [2.45, 2.75) is 12.8 Å². The molecular formula is C21H18N2O5S2. The van der Waals surface area contributed by atoms with Gasteiger partial charge in [0.05, 0.1) is 10.6 Å². The molecule has 2 aromatic rings. The largest absolute Gasteiger partial charge is 0.506 e. The normalized spacial score (nSPS) is 16.4. The zero-order chi connectivity index (χ0) is 21.1. The van der Waals surface area contributed by atoms with Crippen LogP contribution >= 0.6 is 24.0 Å². The monoisotopic (exact) mass is 442 g/mol. The highest BCUT2D eigenvalue weighted by molar-refractivity contribution is 8.26. The molecule has 0 radical (unpaired) electrons. The van der Waals surface area contributed by atoms with Gasteiger partial charge in [0.15, 0.2) is 11.5 Å². The van der Waals surface area contributed by atoms with Gasteiger partial charge in [-0.1, -0.05) is 42.2 Å². The van der Waals surface area contributed by atoms with Crippen LogP contribution in [0.5, 0.6) is 17.2 Å². The lowest BCUT2D eigenvalue weighted by Crippen LogP contribution is -2.29. The molecule has 2 aromatic carbocycles. The van der Waals surface area contributed by atoms with Crippen LogP contribution in [0.3, 0.4) is 0 Å². The first kappa shape index (κ1) is 20.2. The van der Waals surface area contributed by atoms with E-state index in [2.05, 4.69) is 5.32 Å². The highest BCUT2D eigenvalue weighted by Crippen LogP contribution is 2.36. The van der Waals surface area contributed by atoms with Crippen molar-refractivity contribution in [3.05, 3.63) is 52.9 Å². The Balaban J connectivity index is 1.33. The molecule has 4 rings (SSSR count). The maximum absolute atomic E-state index is 12.7. The molecule has 2 heterocycles. The molecule has 1 fully saturated rings. The van der Waals surface area contributed by atoms with Gasteiger partial charge in [0.2, 0.25) is 12.7 Å². The number of phenolic OH excluding ortho intramolecular Hbond substituents is 1. The Morgan fingerprint density at radius 1 is 1.23 bits per heavy atom. The Labute approximate surface area is 182 Å². The van der Waals surface area contributed by atoms with Crippen LogP contribution in [0.4, 0.5) is 5.69 Å². The van der Waals surface area contributed by atoms with Crippen LogP contribution in [0.1, 0.15) is 18.4 Å². The molecule has 2 amide bonds. The Kier molecular flexibility index (Phi) is 5.91. The summed E-state index contributed by atoms with van der Waals surface area (Å²) in [6.45, 7) is 0.537. The van der Waals surface area contributed by atoms with Crippen LogP contribution in [0, 0.1) is 0 Å². The van der Waals surface area contributed by atoms with Crippen LogP contribution < -0.4 is 14.8 Å². The Morgan fingerprint density at radius 2 is 2.03 bits per heavy atom. The van der Waals surface area contributed by atoms with Crippen molar-refractivity contribution in [3.63, 3.8) is 0 Å². The number of amides is 2. The topological polar surface area (TPSA) is 88.1 Å². The summed E-state index contributed by atoms with van der Waals surface area (Å²) in [4.78, 5) is 26.9. The van der Waals surface area contributed by atoms with E-state index in [1.54, 1.807) is 30.3 Å². The number of phenols is 1. The van der Waals surface area contributed by atoms with Crippen LogP contribution in [0.2, 0.25) is 0 Å². The van der Waals surface area contributed by atoms with Gasteiger partial charge in [-0.05, 0) is 42.3 Å². The number of para-hydroxylation sites is 2. The van der Waals surface area contributed by atoms with Crippen molar-refractivity contribution in [1.82, 2.24) is 4.90 Å². The van der Waals surface area contributed by atoms with E-state index in [4.69, 9.17) is 21.7 Å². The summed E-state index contributed by atoms with van der Waals surface area (Å²) in [5, 5.41) is 12.4. The Morgan fingerprint density at radius 3 is 2.87 bits per heavy atom. The minimum atomic E-state index is -0.238. The van der Waals surface area contributed by atoms with Crippen molar-refractivity contribution >= 4 is 51.9 Å². The van der Waals surface area contributed by atoms with Crippen molar-refractivity contribution in [2.75, 3.05) is 18.7 Å². The number of thioether (sulfide) groups is 1. The number of anilines is 1. The average Bonchev–Trinajstić information content (AvgIpc) is 3.29. The molecule has 2 aliphatic heterocycles. The zero-order valence-corrected chi connectivity index (χ0v) is 17.4. The fourth-order valence-corrected chi connectivity index (χ4v) is 4.35. The number of fused-ring (bicyclic) bond motifs is 1. The van der Waals surface area contributed by atoms with Crippen molar-refractivity contribution in [1.29, 1.82) is 0 Å². The third-order valence-corrected chi connectivity index (χ3v) is 5.91. The maximum Gasteiger partial charge on any atom is 0.266 e. The quantitative estimate of drug-likeness (QED) is 0.400. The predicted octanol–water partition coefficient (Wildman–Crippen LogP) is 3.74. The molecule has 1 saturated heterocycles. The van der Waals surface area contributed by atoms with Gasteiger partial charge >= 0.3 is 0 Å². The second-order valence-corrected chi connectivity index (χ2v) is 8.29. The van der Waals surface area contributed by atoms with E-state index in [1.807, 2.05) is 12.1 Å². The summed E-state index contributed by atoms with van der Waals surface area (Å²) in [5.41, 5.74) is 1.18. The lowest BCUT2D eigenvalue weighted by Gasteiger charge is -2.14. The van der Waals surface area contributed by atoms with E-state index in [9.17, 15) is 14.7 Å². The van der Waals surface area contributed by atoms with Gasteiger partial charge in [0, 0.05) is 13.0 Å². The molecule has 30 heavy (non-hydrogen) atoms. The van der Waals surface area contributed by atoms with Gasteiger partial charge in [-0.15, -0.1) is 0 Å². The molecule has 0 atom stereocenters. The summed E-state index contributed by atoms with van der Waals surface area (Å²) in [6, 6.07) is 12.0. The van der Waals surface area contributed by atoms with Gasteiger partial charge < -0.3 is 19.9 Å². The van der Waals surface area contributed by atoms with Gasteiger partial charge in [0.25, 0.3) is 5.91 Å². The SMILES string of the molecule is O=C(CCCN1C(=O)/C(=C/c2ccc3c(c2)OCO3)SC1=S)Nc1ccccc1O. The van der Waals surface area contributed by atoms with E-state index in [-0.39, 0.29) is 30.8 Å². The number of rotatable bonds is 6. The lowest BCUT2D eigenvalue weighted by atomic mass is 10.2. The molecule has 9 heteroatoms. The first-order valence-corrected chi connectivity index (χ1v) is 10.5. The van der Waals surface area contributed by atoms with Gasteiger partial charge in [-0.3, -0.25) is 14.5 Å². The van der Waals surface area contributed by atoms with E-state index >= 15 is 0 Å². The van der Waals surface area contributed by atoms with E-state index < -0.39 is 0 Å². The number of nitrogens with one attached hydrogen (secondary N) is 1. The molecule has 0 aliphatic carbocycles. The van der Waals surface area contributed by atoms with Crippen LogP contribution in [-0.2, 0) is 9.59 Å². The Hall–Kier alpha value is -3.04. The third-order valence-electron chi connectivity index (χ3n) is 4.53. The van der Waals surface area contributed by atoms with Crippen molar-refractivity contribution in [3.8, 4) is 17.2 Å². The standard InChI is InChI=1S/C21H18N2O5S2/c24-15-5-2-1-4-14(15)22-19(25)6-3-9-23-20(26)18(30-21(23)29)11-13-7-8-16-17(10-13)28-12-27-16/h1-2,4-5,7-8,10-11,24H,3,6,9,12H2,(H,22,25)/b18-11-. The van der Waals surface area contributed by atoms with E-state index in [1.165, 1.54) is 22.7 Å². The first-order valence-electron chi connectivity index (χ1n) is 9.24. The lowest BCUT2D eigenvalue weighted by molar-refractivity contribution is -0.122. The summed E-state index contributed by atoms with van der Waals surface area (Å²) < 4.78 is 11.1. The number of aromatic hydroxyl groups is 1. The maximum atomic E-state index is 12.7. The second kappa shape index (κ2) is 8.76. The number of carbonyl (C=O) groups is 2. The molecule has 154 valence electrons. The molecule has 2 N–H and O–H groups in total. The van der Waals surface area contributed by atoms with Gasteiger partial charge in [0.1, 0.15) is 10.1 Å². The number of thiocarbonyl (C=S) groups is 1. The summed E-state index contributed by atoms with van der Waals surface area (Å²) in [6.07, 6.45) is 2.42. The predicted molar refractivity (Wildman–Crippen MR) is 118 cm³/mol. The number of ether oxygens (including phenoxy) is 2. The highest BCUT2D eigenvalue weighted by Gasteiger charge is 2.31. The van der Waals surface area contributed by atoms with Crippen LogP contribution in [0.25, 0.3) is 6.08 Å². The number of carbonyl (C=O) groups excluding carboxylic acids is 2. The fourth-order valence-electron chi connectivity index (χ4n) is 3.04.